The maximum absolute atomic E-state index is 4.68. The summed E-state index contributed by atoms with van der Waals surface area (Å²) in [6.07, 6.45) is 5.51. The zero-order valence-corrected chi connectivity index (χ0v) is 11.9. The minimum absolute atomic E-state index is 0.604. The van der Waals surface area contributed by atoms with Gasteiger partial charge in [0.25, 0.3) is 0 Å². The average Bonchev–Trinajstić information content (AvgIpc) is 2.94. The van der Waals surface area contributed by atoms with Crippen LogP contribution in [0.2, 0.25) is 0 Å². The second-order valence-electron chi connectivity index (χ2n) is 5.36. The summed E-state index contributed by atoms with van der Waals surface area (Å²) in [5.41, 5.74) is 1.04. The normalized spacial score (nSPS) is 30.9. The Morgan fingerprint density at radius 1 is 1.24 bits per heavy atom. The molecule has 4 heteroatoms. The van der Waals surface area contributed by atoms with E-state index in [2.05, 4.69) is 31.2 Å². The van der Waals surface area contributed by atoms with E-state index in [1.807, 2.05) is 14.0 Å². The predicted octanol–water partition coefficient (Wildman–Crippen LogP) is 3.49. The smallest absolute Gasteiger partial charge is 0.144 e. The Bertz CT molecular complexity index is 447. The van der Waals surface area contributed by atoms with Crippen LogP contribution in [-0.2, 0) is 0 Å². The highest BCUT2D eigenvalue weighted by Gasteiger charge is 2.41. The number of hydrogen-bond donors (Lipinski definition) is 1. The van der Waals surface area contributed by atoms with Crippen molar-refractivity contribution in [3.63, 3.8) is 0 Å². The second kappa shape index (κ2) is 4.23. The van der Waals surface area contributed by atoms with E-state index in [0.29, 0.717) is 5.92 Å². The lowest BCUT2D eigenvalue weighted by Gasteiger charge is -2.21. The molecule has 0 saturated heterocycles. The molecule has 2 bridgehead atoms. The van der Waals surface area contributed by atoms with Crippen molar-refractivity contribution in [2.24, 2.45) is 11.8 Å². The van der Waals surface area contributed by atoms with E-state index in [1.165, 1.54) is 25.7 Å². The highest BCUT2D eigenvalue weighted by atomic mass is 79.9. The molecule has 0 amide bonds. The van der Waals surface area contributed by atoms with Crippen LogP contribution in [0.5, 0.6) is 0 Å². The third-order valence-corrected chi connectivity index (χ3v) is 5.29. The van der Waals surface area contributed by atoms with Gasteiger partial charge in [0.2, 0.25) is 0 Å². The quantitative estimate of drug-likeness (QED) is 0.907. The number of hydrogen-bond acceptors (Lipinski definition) is 3. The molecule has 0 aromatic carbocycles. The molecule has 0 aliphatic heterocycles. The van der Waals surface area contributed by atoms with Gasteiger partial charge in [-0.1, -0.05) is 6.42 Å². The summed E-state index contributed by atoms with van der Waals surface area (Å²) in [5, 5.41) is 3.15. The van der Waals surface area contributed by atoms with Gasteiger partial charge in [0.15, 0.2) is 0 Å². The molecular weight excluding hydrogens is 278 g/mol. The molecule has 2 aliphatic rings. The first kappa shape index (κ1) is 11.5. The SMILES string of the molecule is CNc1nc(C2CC3CCC2C3)nc(C)c1Br. The van der Waals surface area contributed by atoms with E-state index < -0.39 is 0 Å². The molecule has 2 saturated carbocycles. The molecule has 3 rings (SSSR count). The minimum Gasteiger partial charge on any atom is -0.372 e. The molecule has 0 radical (unpaired) electrons. The molecule has 2 aliphatic carbocycles. The van der Waals surface area contributed by atoms with Crippen LogP contribution < -0.4 is 5.32 Å². The van der Waals surface area contributed by atoms with Crippen molar-refractivity contribution < 1.29 is 0 Å². The van der Waals surface area contributed by atoms with E-state index in [4.69, 9.17) is 0 Å². The third-order valence-electron chi connectivity index (χ3n) is 4.34. The Morgan fingerprint density at radius 3 is 2.65 bits per heavy atom. The Hall–Kier alpha value is -0.640. The van der Waals surface area contributed by atoms with Crippen molar-refractivity contribution in [1.82, 2.24) is 9.97 Å². The maximum Gasteiger partial charge on any atom is 0.144 e. The Balaban J connectivity index is 1.95. The molecule has 3 nitrogen and oxygen atoms in total. The molecule has 17 heavy (non-hydrogen) atoms. The fourth-order valence-electron chi connectivity index (χ4n) is 3.47. The molecule has 3 atom stereocenters. The molecular formula is C13H18BrN3. The molecule has 1 N–H and O–H groups in total. The first-order valence-electron chi connectivity index (χ1n) is 6.40. The monoisotopic (exact) mass is 295 g/mol. The number of aryl methyl sites for hydroxylation is 1. The van der Waals surface area contributed by atoms with Gasteiger partial charge in [0, 0.05) is 13.0 Å². The van der Waals surface area contributed by atoms with Crippen molar-refractivity contribution in [2.75, 3.05) is 12.4 Å². The zero-order valence-electron chi connectivity index (χ0n) is 10.3. The van der Waals surface area contributed by atoms with Gasteiger partial charge >= 0.3 is 0 Å². The predicted molar refractivity (Wildman–Crippen MR) is 72.2 cm³/mol. The summed E-state index contributed by atoms with van der Waals surface area (Å²) in [7, 11) is 1.91. The van der Waals surface area contributed by atoms with Crippen LogP contribution in [0, 0.1) is 18.8 Å². The number of nitrogens with zero attached hydrogens (tertiary/aromatic N) is 2. The van der Waals surface area contributed by atoms with E-state index in [9.17, 15) is 0 Å². The standard InChI is InChI=1S/C13H18BrN3/c1-7-11(14)13(15-2)17-12(16-7)10-6-8-3-4-9(10)5-8/h8-10H,3-6H2,1-2H3,(H,15,16,17). The number of anilines is 1. The van der Waals surface area contributed by atoms with Crippen molar-refractivity contribution in [3.8, 4) is 0 Å². The molecule has 3 unspecified atom stereocenters. The number of rotatable bonds is 2. The molecule has 1 heterocycles. The summed E-state index contributed by atoms with van der Waals surface area (Å²) < 4.78 is 0.993. The van der Waals surface area contributed by atoms with Gasteiger partial charge in [-0.3, -0.25) is 0 Å². The summed E-state index contributed by atoms with van der Waals surface area (Å²) in [6.45, 7) is 2.04. The lowest BCUT2D eigenvalue weighted by molar-refractivity contribution is 0.405. The lowest BCUT2D eigenvalue weighted by atomic mass is 9.88. The Morgan fingerprint density at radius 2 is 2.06 bits per heavy atom. The van der Waals surface area contributed by atoms with Gasteiger partial charge in [-0.05, 0) is 54.0 Å². The zero-order chi connectivity index (χ0) is 12.0. The van der Waals surface area contributed by atoms with Crippen LogP contribution in [0.15, 0.2) is 4.47 Å². The Kier molecular flexibility index (Phi) is 2.85. The average molecular weight is 296 g/mol. The topological polar surface area (TPSA) is 37.8 Å². The largest absolute Gasteiger partial charge is 0.372 e. The van der Waals surface area contributed by atoms with Crippen LogP contribution >= 0.6 is 15.9 Å². The number of halogens is 1. The van der Waals surface area contributed by atoms with Gasteiger partial charge in [0.05, 0.1) is 10.2 Å². The fraction of sp³-hybridized carbons (Fsp3) is 0.692. The fourth-order valence-corrected chi connectivity index (χ4v) is 3.85. The third kappa shape index (κ3) is 1.86. The van der Waals surface area contributed by atoms with Gasteiger partial charge < -0.3 is 5.32 Å². The lowest BCUT2D eigenvalue weighted by Crippen LogP contribution is -2.14. The highest BCUT2D eigenvalue weighted by Crippen LogP contribution is 2.52. The number of nitrogens with one attached hydrogen (secondary N) is 1. The Labute approximate surface area is 111 Å². The summed E-state index contributed by atoms with van der Waals surface area (Å²) >= 11 is 3.54. The van der Waals surface area contributed by atoms with Crippen molar-refractivity contribution >= 4 is 21.7 Å². The molecule has 1 aromatic rings. The van der Waals surface area contributed by atoms with Crippen LogP contribution in [0.3, 0.4) is 0 Å². The minimum atomic E-state index is 0.604. The summed E-state index contributed by atoms with van der Waals surface area (Å²) in [5.74, 6) is 4.37. The van der Waals surface area contributed by atoms with E-state index in [1.54, 1.807) is 0 Å². The van der Waals surface area contributed by atoms with Crippen LogP contribution in [-0.4, -0.2) is 17.0 Å². The van der Waals surface area contributed by atoms with E-state index in [0.717, 1.165) is 33.6 Å². The van der Waals surface area contributed by atoms with Crippen LogP contribution in [0.4, 0.5) is 5.82 Å². The van der Waals surface area contributed by atoms with E-state index in [-0.39, 0.29) is 0 Å². The highest BCUT2D eigenvalue weighted by molar-refractivity contribution is 9.10. The van der Waals surface area contributed by atoms with Crippen molar-refractivity contribution in [2.45, 2.75) is 38.5 Å². The van der Waals surface area contributed by atoms with E-state index >= 15 is 0 Å². The number of aromatic nitrogens is 2. The number of fused-ring (bicyclic) bond motifs is 2. The maximum atomic E-state index is 4.68. The van der Waals surface area contributed by atoms with Gasteiger partial charge in [0.1, 0.15) is 11.6 Å². The van der Waals surface area contributed by atoms with Crippen LogP contribution in [0.25, 0.3) is 0 Å². The molecule has 1 aromatic heterocycles. The first-order chi connectivity index (χ1) is 8.19. The van der Waals surface area contributed by atoms with Crippen LogP contribution in [0.1, 0.15) is 43.1 Å². The second-order valence-corrected chi connectivity index (χ2v) is 6.15. The molecule has 92 valence electrons. The molecule has 2 fully saturated rings. The van der Waals surface area contributed by atoms with Gasteiger partial charge in [-0.15, -0.1) is 0 Å². The van der Waals surface area contributed by atoms with Crippen molar-refractivity contribution in [3.05, 3.63) is 16.0 Å². The molecule has 0 spiro atoms. The summed E-state index contributed by atoms with van der Waals surface area (Å²) in [4.78, 5) is 9.37. The summed E-state index contributed by atoms with van der Waals surface area (Å²) in [6, 6.07) is 0. The van der Waals surface area contributed by atoms with Gasteiger partial charge in [-0.2, -0.15) is 0 Å². The van der Waals surface area contributed by atoms with Gasteiger partial charge in [-0.25, -0.2) is 9.97 Å². The van der Waals surface area contributed by atoms with Crippen molar-refractivity contribution in [1.29, 1.82) is 0 Å². The first-order valence-corrected chi connectivity index (χ1v) is 7.20.